The number of esters is 2. The summed E-state index contributed by atoms with van der Waals surface area (Å²) in [7, 11) is 0. The third kappa shape index (κ3) is 0.910. The van der Waals surface area contributed by atoms with Crippen LogP contribution in [0.15, 0.2) is 12.7 Å². The first-order valence-electron chi connectivity index (χ1n) is 2.28. The molecular formula is C5H4O4. The average molecular weight is 128 g/mol. The minimum Gasteiger partial charge on any atom is -0.413 e. The molecule has 0 aliphatic carbocycles. The fourth-order valence-corrected chi connectivity index (χ4v) is 0.427. The molecule has 0 atom stereocenters. The average Bonchev–Trinajstić information content (AvgIpc) is 2.13. The van der Waals surface area contributed by atoms with Gasteiger partial charge in [0, 0.05) is 0 Å². The van der Waals surface area contributed by atoms with Crippen molar-refractivity contribution < 1.29 is 19.1 Å². The lowest BCUT2D eigenvalue weighted by Crippen LogP contribution is -2.05. The highest BCUT2D eigenvalue weighted by molar-refractivity contribution is 6.31. The van der Waals surface area contributed by atoms with E-state index in [0.29, 0.717) is 0 Å². The quantitative estimate of drug-likeness (QED) is 0.274. The number of carbonyl (C=O) groups is 2. The van der Waals surface area contributed by atoms with Crippen molar-refractivity contribution in [1.82, 2.24) is 0 Å². The Bertz CT molecular complexity index is 156. The molecule has 0 aromatic heterocycles. The summed E-state index contributed by atoms with van der Waals surface area (Å²) in [5.74, 6) is -1.92. The van der Waals surface area contributed by atoms with Crippen LogP contribution in [-0.4, -0.2) is 18.2 Å². The van der Waals surface area contributed by atoms with Gasteiger partial charge in [0.1, 0.15) is 0 Å². The zero-order valence-corrected chi connectivity index (χ0v) is 4.49. The van der Waals surface area contributed by atoms with Gasteiger partial charge in [-0.3, -0.25) is 0 Å². The molecule has 0 radical (unpaired) electrons. The van der Waals surface area contributed by atoms with Crippen LogP contribution in [0.5, 0.6) is 0 Å². The number of cyclic esters (lactones) is 2. The van der Waals surface area contributed by atoms with Crippen molar-refractivity contribution in [2.24, 2.45) is 0 Å². The van der Waals surface area contributed by atoms with E-state index in [2.05, 4.69) is 16.1 Å². The highest BCUT2D eigenvalue weighted by atomic mass is 16.8. The first kappa shape index (κ1) is 5.81. The van der Waals surface area contributed by atoms with Gasteiger partial charge in [-0.05, 0) is 6.08 Å². The zero-order valence-electron chi connectivity index (χ0n) is 4.49. The van der Waals surface area contributed by atoms with Gasteiger partial charge in [-0.2, -0.15) is 0 Å². The van der Waals surface area contributed by atoms with Gasteiger partial charge >= 0.3 is 11.9 Å². The Morgan fingerprint density at radius 1 is 1.33 bits per heavy atom. The van der Waals surface area contributed by atoms with Gasteiger partial charge in [0.15, 0.2) is 0 Å². The molecular weight excluding hydrogens is 124 g/mol. The Balaban J connectivity index is 2.64. The number of hydrogen-bond acceptors (Lipinski definition) is 4. The molecule has 9 heavy (non-hydrogen) atoms. The Kier molecular flexibility index (Phi) is 1.22. The molecule has 0 aromatic carbocycles. The summed E-state index contributed by atoms with van der Waals surface area (Å²) in [5, 5.41) is 0. The number of carbonyl (C=O) groups excluding carboxylic acids is 2. The summed E-state index contributed by atoms with van der Waals surface area (Å²) >= 11 is 0. The second kappa shape index (κ2) is 1.89. The van der Waals surface area contributed by atoms with Gasteiger partial charge in [0.05, 0.1) is 0 Å². The molecule has 0 spiro atoms. The molecule has 1 fully saturated rings. The number of hydrogen-bond donors (Lipinski definition) is 0. The van der Waals surface area contributed by atoms with Crippen LogP contribution in [0, 0.1) is 0 Å². The maximum atomic E-state index is 10.2. The van der Waals surface area contributed by atoms with E-state index in [1.165, 1.54) is 6.08 Å². The van der Waals surface area contributed by atoms with Gasteiger partial charge in [0.2, 0.25) is 0 Å². The Morgan fingerprint density at radius 2 is 1.78 bits per heavy atom. The lowest BCUT2D eigenvalue weighted by Gasteiger charge is -1.96. The summed E-state index contributed by atoms with van der Waals surface area (Å²) in [6.07, 6.45) is 0.341. The van der Waals surface area contributed by atoms with E-state index in [9.17, 15) is 9.59 Å². The highest BCUT2D eigenvalue weighted by Gasteiger charge is 2.31. The van der Waals surface area contributed by atoms with E-state index in [1.54, 1.807) is 0 Å². The van der Waals surface area contributed by atoms with Gasteiger partial charge in [-0.1, -0.05) is 6.58 Å². The summed E-state index contributed by atoms with van der Waals surface area (Å²) in [5.41, 5.74) is 0. The summed E-state index contributed by atoms with van der Waals surface area (Å²) in [6, 6.07) is 0. The smallest absolute Gasteiger partial charge is 0.413 e. The highest BCUT2D eigenvalue weighted by Crippen LogP contribution is 2.06. The first-order chi connectivity index (χ1) is 4.24. The van der Waals surface area contributed by atoms with Crippen LogP contribution in [0.4, 0.5) is 0 Å². The van der Waals surface area contributed by atoms with Crippen LogP contribution in [0.25, 0.3) is 0 Å². The standard InChI is InChI=1S/C5H4O4/c1-2-3-8-4(6)5(7)9-3/h2-3H,1H2. The molecule has 1 aliphatic rings. The maximum Gasteiger partial charge on any atom is 0.420 e. The van der Waals surface area contributed by atoms with E-state index >= 15 is 0 Å². The normalized spacial score (nSPS) is 19.1. The Morgan fingerprint density at radius 3 is 2.00 bits per heavy atom. The monoisotopic (exact) mass is 128 g/mol. The van der Waals surface area contributed by atoms with Crippen molar-refractivity contribution >= 4 is 11.9 Å². The Labute approximate surface area is 51.1 Å². The minimum atomic E-state index is -0.958. The molecule has 48 valence electrons. The number of ether oxygens (including phenoxy) is 2. The van der Waals surface area contributed by atoms with Crippen LogP contribution in [0.1, 0.15) is 0 Å². The van der Waals surface area contributed by atoms with E-state index in [1.807, 2.05) is 0 Å². The predicted molar refractivity (Wildman–Crippen MR) is 26.2 cm³/mol. The van der Waals surface area contributed by atoms with Gasteiger partial charge < -0.3 is 9.47 Å². The molecule has 0 bridgehead atoms. The lowest BCUT2D eigenvalue weighted by atomic mass is 10.6. The molecule has 1 saturated heterocycles. The largest absolute Gasteiger partial charge is 0.420 e. The predicted octanol–water partition coefficient (Wildman–Crippen LogP) is -0.402. The molecule has 4 nitrogen and oxygen atoms in total. The third-order valence-electron chi connectivity index (χ3n) is 0.806. The first-order valence-corrected chi connectivity index (χ1v) is 2.28. The molecule has 0 aromatic rings. The molecule has 0 saturated carbocycles. The van der Waals surface area contributed by atoms with Crippen molar-refractivity contribution in [3.63, 3.8) is 0 Å². The van der Waals surface area contributed by atoms with Gasteiger partial charge in [0.25, 0.3) is 6.29 Å². The van der Waals surface area contributed by atoms with E-state index in [0.717, 1.165) is 0 Å². The maximum absolute atomic E-state index is 10.2. The molecule has 0 amide bonds. The summed E-state index contributed by atoms with van der Waals surface area (Å²) in [4.78, 5) is 20.4. The topological polar surface area (TPSA) is 52.6 Å². The third-order valence-corrected chi connectivity index (χ3v) is 0.806. The zero-order chi connectivity index (χ0) is 6.85. The lowest BCUT2D eigenvalue weighted by molar-refractivity contribution is -0.150. The van der Waals surface area contributed by atoms with Crippen LogP contribution < -0.4 is 0 Å². The van der Waals surface area contributed by atoms with Crippen molar-refractivity contribution in [2.45, 2.75) is 6.29 Å². The fourth-order valence-electron chi connectivity index (χ4n) is 0.427. The van der Waals surface area contributed by atoms with Crippen LogP contribution >= 0.6 is 0 Å². The molecule has 1 heterocycles. The summed E-state index contributed by atoms with van der Waals surface area (Å²) < 4.78 is 8.59. The summed E-state index contributed by atoms with van der Waals surface area (Å²) in [6.45, 7) is 3.26. The molecule has 0 N–H and O–H groups in total. The molecule has 1 aliphatic heterocycles. The van der Waals surface area contributed by atoms with Gasteiger partial charge in [-0.25, -0.2) is 9.59 Å². The van der Waals surface area contributed by atoms with E-state index in [-0.39, 0.29) is 0 Å². The SMILES string of the molecule is C=CC1OC(=O)C(=O)O1. The Hall–Kier alpha value is -1.32. The van der Waals surface area contributed by atoms with Gasteiger partial charge in [-0.15, -0.1) is 0 Å². The van der Waals surface area contributed by atoms with Crippen molar-refractivity contribution in [2.75, 3.05) is 0 Å². The second-order valence-corrected chi connectivity index (χ2v) is 1.41. The second-order valence-electron chi connectivity index (χ2n) is 1.41. The van der Waals surface area contributed by atoms with E-state index in [4.69, 9.17) is 0 Å². The van der Waals surface area contributed by atoms with E-state index < -0.39 is 18.2 Å². The minimum absolute atomic E-state index is 0.884. The molecule has 0 unspecified atom stereocenters. The van der Waals surface area contributed by atoms with Crippen LogP contribution in [-0.2, 0) is 19.1 Å². The van der Waals surface area contributed by atoms with Crippen molar-refractivity contribution in [3.8, 4) is 0 Å². The fraction of sp³-hybridized carbons (Fsp3) is 0.200. The van der Waals surface area contributed by atoms with Crippen molar-refractivity contribution in [3.05, 3.63) is 12.7 Å². The number of rotatable bonds is 1. The molecule has 1 rings (SSSR count). The molecule has 4 heteroatoms. The van der Waals surface area contributed by atoms with Crippen LogP contribution in [0.2, 0.25) is 0 Å². The van der Waals surface area contributed by atoms with Crippen molar-refractivity contribution in [1.29, 1.82) is 0 Å². The van der Waals surface area contributed by atoms with Crippen LogP contribution in [0.3, 0.4) is 0 Å².